The molecule has 21 heavy (non-hydrogen) atoms. The summed E-state index contributed by atoms with van der Waals surface area (Å²) in [5, 5.41) is 15.9. The van der Waals surface area contributed by atoms with E-state index >= 15 is 0 Å². The number of nitrogens with one attached hydrogen (secondary N) is 1. The third-order valence-electron chi connectivity index (χ3n) is 5.07. The molecule has 2 aliphatic rings. The first kappa shape index (κ1) is 14.1. The second-order valence-electron chi connectivity index (χ2n) is 6.47. The molecular formula is C15H21N3O3. The largest absolute Gasteiger partial charge is 0.476 e. The molecule has 1 aromatic heterocycles. The number of amides is 1. The molecule has 0 aromatic carbocycles. The van der Waals surface area contributed by atoms with E-state index in [1.807, 2.05) is 6.92 Å². The molecule has 2 fully saturated rings. The Hall–Kier alpha value is -1.85. The minimum absolute atomic E-state index is 0.0784. The lowest BCUT2D eigenvalue weighted by atomic mass is 9.84. The van der Waals surface area contributed by atoms with Gasteiger partial charge in [0.05, 0.1) is 5.56 Å². The number of hydrogen-bond acceptors (Lipinski definition) is 3. The highest BCUT2D eigenvalue weighted by molar-refractivity contribution is 6.03. The van der Waals surface area contributed by atoms with Crippen molar-refractivity contribution in [2.75, 3.05) is 0 Å². The third-order valence-corrected chi connectivity index (χ3v) is 5.07. The maximum atomic E-state index is 12.3. The summed E-state index contributed by atoms with van der Waals surface area (Å²) in [6.07, 6.45) is 6.53. The van der Waals surface area contributed by atoms with Crippen LogP contribution in [0.4, 0.5) is 0 Å². The maximum absolute atomic E-state index is 12.3. The summed E-state index contributed by atoms with van der Waals surface area (Å²) in [5.41, 5.74) is -0.0462. The predicted molar refractivity (Wildman–Crippen MR) is 76.0 cm³/mol. The van der Waals surface area contributed by atoms with Crippen molar-refractivity contribution in [3.63, 3.8) is 0 Å². The van der Waals surface area contributed by atoms with E-state index in [1.54, 1.807) is 7.05 Å². The average molecular weight is 291 g/mol. The molecule has 2 aliphatic carbocycles. The number of hydrogen-bond donors (Lipinski definition) is 2. The van der Waals surface area contributed by atoms with Gasteiger partial charge in [0, 0.05) is 19.3 Å². The summed E-state index contributed by atoms with van der Waals surface area (Å²) in [5.74, 6) is 0.562. The fraction of sp³-hybridized carbons (Fsp3) is 0.667. The molecule has 2 saturated carbocycles. The smallest absolute Gasteiger partial charge is 0.357 e. The van der Waals surface area contributed by atoms with Crippen LogP contribution >= 0.6 is 0 Å². The van der Waals surface area contributed by atoms with Crippen molar-refractivity contribution in [2.45, 2.75) is 38.6 Å². The molecule has 0 aliphatic heterocycles. The van der Waals surface area contributed by atoms with Crippen molar-refractivity contribution in [2.24, 2.45) is 24.8 Å². The van der Waals surface area contributed by atoms with Gasteiger partial charge in [0.25, 0.3) is 5.91 Å². The number of carbonyl (C=O) groups is 2. The van der Waals surface area contributed by atoms with E-state index in [0.717, 1.165) is 11.8 Å². The Labute approximate surface area is 123 Å². The van der Waals surface area contributed by atoms with Crippen LogP contribution in [0.5, 0.6) is 0 Å². The van der Waals surface area contributed by atoms with Crippen LogP contribution in [0.25, 0.3) is 0 Å². The molecule has 1 amide bonds. The van der Waals surface area contributed by atoms with E-state index in [9.17, 15) is 9.59 Å². The molecule has 1 heterocycles. The van der Waals surface area contributed by atoms with Crippen molar-refractivity contribution in [1.29, 1.82) is 0 Å². The highest BCUT2D eigenvalue weighted by Gasteiger charge is 2.42. The minimum Gasteiger partial charge on any atom is -0.476 e. The highest BCUT2D eigenvalue weighted by Crippen LogP contribution is 2.49. The van der Waals surface area contributed by atoms with E-state index in [2.05, 4.69) is 10.4 Å². The van der Waals surface area contributed by atoms with Gasteiger partial charge in [0.2, 0.25) is 0 Å². The zero-order chi connectivity index (χ0) is 15.1. The van der Waals surface area contributed by atoms with E-state index in [1.165, 1.54) is 36.6 Å². The molecular weight excluding hydrogens is 270 g/mol. The van der Waals surface area contributed by atoms with E-state index < -0.39 is 5.97 Å². The zero-order valence-corrected chi connectivity index (χ0v) is 12.4. The third kappa shape index (κ3) is 2.54. The van der Waals surface area contributed by atoms with E-state index in [4.69, 9.17) is 5.11 Å². The first-order valence-corrected chi connectivity index (χ1v) is 7.53. The Balaban J connectivity index is 1.70. The fourth-order valence-corrected chi connectivity index (χ4v) is 4.11. The molecule has 2 bridgehead atoms. The van der Waals surface area contributed by atoms with Crippen molar-refractivity contribution >= 4 is 11.9 Å². The molecule has 1 aromatic rings. The van der Waals surface area contributed by atoms with Crippen LogP contribution in [0.1, 0.15) is 53.5 Å². The number of carbonyl (C=O) groups excluding carboxylic acids is 1. The molecule has 0 spiro atoms. The van der Waals surface area contributed by atoms with Gasteiger partial charge in [-0.05, 0) is 43.9 Å². The van der Waals surface area contributed by atoms with Crippen molar-refractivity contribution < 1.29 is 14.7 Å². The predicted octanol–water partition coefficient (Wildman–Crippen LogP) is 1.67. The first-order valence-electron chi connectivity index (χ1n) is 7.53. The first-order chi connectivity index (χ1) is 9.95. The van der Waals surface area contributed by atoms with Crippen LogP contribution in [-0.2, 0) is 7.05 Å². The van der Waals surface area contributed by atoms with Gasteiger partial charge in [-0.2, -0.15) is 5.10 Å². The van der Waals surface area contributed by atoms with E-state index in [0.29, 0.717) is 5.92 Å². The van der Waals surface area contributed by atoms with Gasteiger partial charge in [0.15, 0.2) is 5.69 Å². The van der Waals surface area contributed by atoms with Crippen molar-refractivity contribution in [1.82, 2.24) is 15.1 Å². The monoisotopic (exact) mass is 291 g/mol. The molecule has 4 atom stereocenters. The number of rotatable bonds is 4. The standard InChI is InChI=1S/C15H21N3O3/c1-8(11-6-9-3-4-10(11)5-9)16-14(19)12-7-18(2)17-13(12)15(20)21/h7-11H,3-6H2,1-2H3,(H,16,19)(H,20,21). The van der Waals surface area contributed by atoms with E-state index in [-0.39, 0.29) is 23.2 Å². The van der Waals surface area contributed by atoms with Crippen LogP contribution < -0.4 is 5.32 Å². The van der Waals surface area contributed by atoms with Crippen LogP contribution in [0.15, 0.2) is 6.20 Å². The van der Waals surface area contributed by atoms with Gasteiger partial charge < -0.3 is 10.4 Å². The number of aromatic carboxylic acids is 1. The molecule has 3 rings (SSSR count). The van der Waals surface area contributed by atoms with Crippen LogP contribution in [0.3, 0.4) is 0 Å². The second-order valence-corrected chi connectivity index (χ2v) is 6.47. The SMILES string of the molecule is CC(NC(=O)c1cn(C)nc1C(=O)O)C1CC2CCC1C2. The number of carboxylic acids is 1. The molecule has 4 unspecified atom stereocenters. The zero-order valence-electron chi connectivity index (χ0n) is 12.4. The summed E-state index contributed by atoms with van der Waals surface area (Å²) in [7, 11) is 1.61. The summed E-state index contributed by atoms with van der Waals surface area (Å²) >= 11 is 0. The molecule has 2 N–H and O–H groups in total. The minimum atomic E-state index is -1.17. The van der Waals surface area contributed by atoms with Gasteiger partial charge in [-0.15, -0.1) is 0 Å². The molecule has 0 radical (unpaired) electrons. The molecule has 6 nitrogen and oxygen atoms in total. The lowest BCUT2D eigenvalue weighted by Gasteiger charge is -2.28. The Morgan fingerprint density at radius 2 is 2.19 bits per heavy atom. The second kappa shape index (κ2) is 5.16. The molecule has 6 heteroatoms. The van der Waals surface area contributed by atoms with Crippen LogP contribution in [0.2, 0.25) is 0 Å². The Morgan fingerprint density at radius 3 is 2.76 bits per heavy atom. The highest BCUT2D eigenvalue weighted by atomic mass is 16.4. The van der Waals surface area contributed by atoms with Crippen LogP contribution in [0, 0.1) is 17.8 Å². The van der Waals surface area contributed by atoms with Gasteiger partial charge >= 0.3 is 5.97 Å². The van der Waals surface area contributed by atoms with Gasteiger partial charge in [-0.1, -0.05) is 6.42 Å². The lowest BCUT2D eigenvalue weighted by Crippen LogP contribution is -2.40. The van der Waals surface area contributed by atoms with Gasteiger partial charge in [0.1, 0.15) is 0 Å². The van der Waals surface area contributed by atoms with Gasteiger partial charge in [-0.25, -0.2) is 4.79 Å². The molecule has 114 valence electrons. The van der Waals surface area contributed by atoms with Crippen molar-refractivity contribution in [3.05, 3.63) is 17.5 Å². The maximum Gasteiger partial charge on any atom is 0.357 e. The fourth-order valence-electron chi connectivity index (χ4n) is 4.11. The number of fused-ring (bicyclic) bond motifs is 2. The summed E-state index contributed by atoms with van der Waals surface area (Å²) in [6.45, 7) is 2.03. The Kier molecular flexibility index (Phi) is 3.47. The lowest BCUT2D eigenvalue weighted by molar-refractivity contribution is 0.0683. The van der Waals surface area contributed by atoms with Crippen molar-refractivity contribution in [3.8, 4) is 0 Å². The summed E-state index contributed by atoms with van der Waals surface area (Å²) < 4.78 is 1.36. The average Bonchev–Trinajstić information content (AvgIpc) is 3.12. The summed E-state index contributed by atoms with van der Waals surface area (Å²) in [4.78, 5) is 23.5. The quantitative estimate of drug-likeness (QED) is 0.884. The number of nitrogens with zero attached hydrogens (tertiary/aromatic N) is 2. The number of aromatic nitrogens is 2. The Bertz CT molecular complexity index is 581. The molecule has 0 saturated heterocycles. The van der Waals surface area contributed by atoms with Crippen LogP contribution in [-0.4, -0.2) is 32.8 Å². The van der Waals surface area contributed by atoms with Gasteiger partial charge in [-0.3, -0.25) is 9.48 Å². The number of aryl methyl sites for hydroxylation is 1. The Morgan fingerprint density at radius 1 is 1.43 bits per heavy atom. The number of carboxylic acid groups (broad SMARTS) is 1. The topological polar surface area (TPSA) is 84.2 Å². The normalized spacial score (nSPS) is 28.6. The summed E-state index contributed by atoms with van der Waals surface area (Å²) in [6, 6.07) is 0.0784.